The first-order valence-corrected chi connectivity index (χ1v) is 2.34. The fraction of sp³-hybridized carbons (Fsp3) is 0.667. The van der Waals surface area contributed by atoms with E-state index in [1.807, 2.05) is 0 Å². The summed E-state index contributed by atoms with van der Waals surface area (Å²) in [5.74, 6) is -1.06. The number of azo groups is 1. The van der Waals surface area contributed by atoms with Gasteiger partial charge in [0.1, 0.15) is 0 Å². The van der Waals surface area contributed by atoms with Crippen molar-refractivity contribution in [3.05, 3.63) is 0 Å². The second-order valence-corrected chi connectivity index (χ2v) is 1.58. The average Bonchev–Trinajstić information content (AvgIpc) is 2.14. The molecule has 2 atom stereocenters. The van der Waals surface area contributed by atoms with Gasteiger partial charge in [-0.1, -0.05) is 0 Å². The zero-order valence-corrected chi connectivity index (χ0v) is 4.48. The van der Waals surface area contributed by atoms with E-state index >= 15 is 0 Å². The molecule has 0 spiro atoms. The SMILES string of the molecule is N[C@H]1N=N[C@@H](C(=O)O)N1. The second-order valence-electron chi connectivity index (χ2n) is 1.58. The standard InChI is InChI=1S/C3H6N4O2/c4-3-5-1(2(8)9)6-7-3/h1,3,5H,4H2,(H,8,9)/t1-,3+/m0/s1. The van der Waals surface area contributed by atoms with Crippen molar-refractivity contribution in [2.45, 2.75) is 12.5 Å². The van der Waals surface area contributed by atoms with Crippen molar-refractivity contribution >= 4 is 5.97 Å². The molecule has 9 heavy (non-hydrogen) atoms. The molecule has 4 N–H and O–H groups in total. The number of carboxylic acid groups (broad SMARTS) is 1. The van der Waals surface area contributed by atoms with E-state index in [0.717, 1.165) is 0 Å². The maximum Gasteiger partial charge on any atom is 0.345 e. The number of aliphatic carboxylic acids is 1. The summed E-state index contributed by atoms with van der Waals surface area (Å²) in [7, 11) is 0. The highest BCUT2D eigenvalue weighted by Gasteiger charge is 2.23. The third kappa shape index (κ3) is 1.21. The summed E-state index contributed by atoms with van der Waals surface area (Å²) < 4.78 is 0. The summed E-state index contributed by atoms with van der Waals surface area (Å²) in [6.45, 7) is 0. The van der Waals surface area contributed by atoms with E-state index in [-0.39, 0.29) is 0 Å². The van der Waals surface area contributed by atoms with Crippen LogP contribution in [0.1, 0.15) is 0 Å². The molecule has 0 aromatic carbocycles. The first-order valence-electron chi connectivity index (χ1n) is 2.34. The van der Waals surface area contributed by atoms with Gasteiger partial charge >= 0.3 is 5.97 Å². The van der Waals surface area contributed by atoms with E-state index in [1.54, 1.807) is 0 Å². The zero-order valence-electron chi connectivity index (χ0n) is 4.48. The minimum atomic E-state index is -1.06. The van der Waals surface area contributed by atoms with E-state index in [4.69, 9.17) is 10.8 Å². The highest BCUT2D eigenvalue weighted by atomic mass is 16.4. The van der Waals surface area contributed by atoms with Crippen molar-refractivity contribution in [2.24, 2.45) is 16.0 Å². The molecule has 6 nitrogen and oxygen atoms in total. The number of hydrogen-bond acceptors (Lipinski definition) is 5. The lowest BCUT2D eigenvalue weighted by Gasteiger charge is -1.99. The van der Waals surface area contributed by atoms with Crippen LogP contribution < -0.4 is 11.1 Å². The second kappa shape index (κ2) is 2.08. The highest BCUT2D eigenvalue weighted by Crippen LogP contribution is 1.97. The normalized spacial score (nSPS) is 33.0. The Bertz CT molecular complexity index is 156. The van der Waals surface area contributed by atoms with Crippen molar-refractivity contribution in [3.8, 4) is 0 Å². The number of nitrogens with one attached hydrogen (secondary N) is 1. The van der Waals surface area contributed by atoms with Crippen LogP contribution in [-0.4, -0.2) is 23.5 Å². The largest absolute Gasteiger partial charge is 0.479 e. The van der Waals surface area contributed by atoms with Gasteiger partial charge in [-0.05, 0) is 0 Å². The van der Waals surface area contributed by atoms with E-state index in [9.17, 15) is 4.79 Å². The number of nitrogens with zero attached hydrogens (tertiary/aromatic N) is 2. The molecule has 0 amide bonds. The maximum atomic E-state index is 10.1. The molecule has 0 bridgehead atoms. The quantitative estimate of drug-likeness (QED) is 0.410. The van der Waals surface area contributed by atoms with Crippen LogP contribution in [0.3, 0.4) is 0 Å². The van der Waals surface area contributed by atoms with Crippen molar-refractivity contribution in [1.29, 1.82) is 0 Å². The summed E-state index contributed by atoms with van der Waals surface area (Å²) in [5, 5.41) is 17.3. The van der Waals surface area contributed by atoms with Crippen molar-refractivity contribution in [2.75, 3.05) is 0 Å². The molecule has 0 fully saturated rings. The Morgan fingerprint density at radius 2 is 2.33 bits per heavy atom. The molecule has 0 aromatic heterocycles. The van der Waals surface area contributed by atoms with Crippen LogP contribution in [0.2, 0.25) is 0 Å². The lowest BCUT2D eigenvalue weighted by molar-refractivity contribution is -0.139. The van der Waals surface area contributed by atoms with Crippen LogP contribution in [0, 0.1) is 0 Å². The fourth-order valence-electron chi connectivity index (χ4n) is 0.488. The molecule has 0 unspecified atom stereocenters. The Kier molecular flexibility index (Phi) is 1.41. The van der Waals surface area contributed by atoms with Crippen molar-refractivity contribution < 1.29 is 9.90 Å². The van der Waals surface area contributed by atoms with Gasteiger partial charge in [-0.2, -0.15) is 10.2 Å². The topological polar surface area (TPSA) is 100 Å². The number of carbonyl (C=O) groups is 1. The number of carboxylic acids is 1. The van der Waals surface area contributed by atoms with Crippen LogP contribution in [0.5, 0.6) is 0 Å². The van der Waals surface area contributed by atoms with Gasteiger partial charge in [0.05, 0.1) is 0 Å². The molecule has 0 aliphatic carbocycles. The van der Waals surface area contributed by atoms with Gasteiger partial charge in [-0.25, -0.2) is 10.1 Å². The van der Waals surface area contributed by atoms with E-state index in [1.165, 1.54) is 0 Å². The van der Waals surface area contributed by atoms with Crippen LogP contribution in [-0.2, 0) is 4.79 Å². The summed E-state index contributed by atoms with van der Waals surface area (Å²) in [5.41, 5.74) is 5.13. The molecule has 0 saturated heterocycles. The maximum absolute atomic E-state index is 10.1. The molecule has 0 saturated carbocycles. The number of hydrogen-bond donors (Lipinski definition) is 3. The predicted molar refractivity (Wildman–Crippen MR) is 27.4 cm³/mol. The third-order valence-corrected chi connectivity index (χ3v) is 0.869. The molecule has 1 rings (SSSR count). The number of rotatable bonds is 1. The zero-order chi connectivity index (χ0) is 6.85. The van der Waals surface area contributed by atoms with Crippen LogP contribution in [0.4, 0.5) is 0 Å². The van der Waals surface area contributed by atoms with Gasteiger partial charge in [0, 0.05) is 0 Å². The lowest BCUT2D eigenvalue weighted by Crippen LogP contribution is -2.40. The summed E-state index contributed by atoms with van der Waals surface area (Å²) in [4.78, 5) is 10.1. The molecule has 0 radical (unpaired) electrons. The summed E-state index contributed by atoms with van der Waals surface area (Å²) >= 11 is 0. The van der Waals surface area contributed by atoms with Crippen molar-refractivity contribution in [1.82, 2.24) is 5.32 Å². The Morgan fingerprint density at radius 1 is 1.67 bits per heavy atom. The Labute approximate surface area is 50.8 Å². The van der Waals surface area contributed by atoms with E-state index in [2.05, 4.69) is 15.5 Å². The predicted octanol–water partition coefficient (Wildman–Crippen LogP) is -1.31. The summed E-state index contributed by atoms with van der Waals surface area (Å²) in [6.07, 6.45) is -1.62. The van der Waals surface area contributed by atoms with E-state index in [0.29, 0.717) is 0 Å². The first kappa shape index (κ1) is 6.12. The Hall–Kier alpha value is -1.01. The lowest BCUT2D eigenvalue weighted by atomic mass is 10.5. The monoisotopic (exact) mass is 130 g/mol. The van der Waals surface area contributed by atoms with Gasteiger partial charge in [0.15, 0.2) is 6.29 Å². The summed E-state index contributed by atoms with van der Waals surface area (Å²) in [6, 6.07) is 0. The van der Waals surface area contributed by atoms with Crippen LogP contribution >= 0.6 is 0 Å². The van der Waals surface area contributed by atoms with Crippen molar-refractivity contribution in [3.63, 3.8) is 0 Å². The van der Waals surface area contributed by atoms with Crippen LogP contribution in [0.15, 0.2) is 10.2 Å². The third-order valence-electron chi connectivity index (χ3n) is 0.869. The molecule has 1 aliphatic heterocycles. The molecular formula is C3H6N4O2. The van der Waals surface area contributed by atoms with Crippen LogP contribution in [0.25, 0.3) is 0 Å². The molecule has 50 valence electrons. The smallest absolute Gasteiger partial charge is 0.345 e. The molecule has 1 aliphatic rings. The molecule has 1 heterocycles. The highest BCUT2D eigenvalue weighted by molar-refractivity contribution is 5.73. The van der Waals surface area contributed by atoms with E-state index < -0.39 is 18.4 Å². The fourth-order valence-corrected chi connectivity index (χ4v) is 0.488. The first-order chi connectivity index (χ1) is 4.20. The Morgan fingerprint density at radius 3 is 2.56 bits per heavy atom. The molecule has 0 aromatic rings. The Balaban J connectivity index is 2.50. The minimum Gasteiger partial charge on any atom is -0.479 e. The average molecular weight is 130 g/mol. The number of nitrogens with two attached hydrogens (primary N) is 1. The van der Waals surface area contributed by atoms with Gasteiger partial charge < -0.3 is 5.11 Å². The van der Waals surface area contributed by atoms with Gasteiger partial charge in [0.25, 0.3) is 0 Å². The minimum absolute atomic E-state index is 0.661. The molecule has 6 heteroatoms. The van der Waals surface area contributed by atoms with Gasteiger partial charge in [-0.15, -0.1) is 0 Å². The van der Waals surface area contributed by atoms with Gasteiger partial charge in [0.2, 0.25) is 6.17 Å². The van der Waals surface area contributed by atoms with Gasteiger partial charge in [-0.3, -0.25) is 5.73 Å². The molecular weight excluding hydrogens is 124 g/mol.